The minimum atomic E-state index is 0. The maximum absolute atomic E-state index is 5.33. The van der Waals surface area contributed by atoms with E-state index in [9.17, 15) is 0 Å². The summed E-state index contributed by atoms with van der Waals surface area (Å²) in [5.74, 6) is 2.02. The fraction of sp³-hybridized carbons (Fsp3) is 0.375. The first-order valence-corrected chi connectivity index (χ1v) is 6.95. The summed E-state index contributed by atoms with van der Waals surface area (Å²) in [4.78, 5) is 4.35. The zero-order valence-electron chi connectivity index (χ0n) is 13.3. The number of halogens is 1. The maximum Gasteiger partial charge on any atom is 0.250 e. The number of likely N-dealkylation sites (N-methyl/N-ethyl adjacent to an activating group) is 1. The molecular weight excluding hydrogens is 302 g/mol. The molecule has 6 heteroatoms. The first-order chi connectivity index (χ1) is 10.1. The fourth-order valence-electron chi connectivity index (χ4n) is 1.94. The highest BCUT2D eigenvalue weighted by molar-refractivity contribution is 5.85. The van der Waals surface area contributed by atoms with Crippen LogP contribution in [0.3, 0.4) is 0 Å². The van der Waals surface area contributed by atoms with Gasteiger partial charge in [-0.2, -0.15) is 4.98 Å². The van der Waals surface area contributed by atoms with Crippen LogP contribution in [0.15, 0.2) is 22.7 Å². The molecule has 0 aliphatic carbocycles. The molecule has 0 aliphatic rings. The lowest BCUT2D eigenvalue weighted by Crippen LogP contribution is -2.24. The standard InChI is InChI=1S/C16H21N3O2.ClH/c1-11-5-7-14(20-4)13(9-11)6-8-16-18-15(19-21-16)10-12(2)17-3;/h5-9,12,17H,10H2,1-4H3;1H/b8-6+;. The van der Waals surface area contributed by atoms with Gasteiger partial charge in [0.1, 0.15) is 5.75 Å². The molecule has 0 bridgehead atoms. The molecule has 0 spiro atoms. The number of aryl methyl sites for hydroxylation is 1. The minimum absolute atomic E-state index is 0. The number of hydrogen-bond donors (Lipinski definition) is 1. The van der Waals surface area contributed by atoms with Gasteiger partial charge in [0.2, 0.25) is 0 Å². The Kier molecular flexibility index (Phi) is 7.08. The summed E-state index contributed by atoms with van der Waals surface area (Å²) in [7, 11) is 3.57. The van der Waals surface area contributed by atoms with Crippen LogP contribution in [0, 0.1) is 6.92 Å². The Morgan fingerprint density at radius 3 is 2.82 bits per heavy atom. The van der Waals surface area contributed by atoms with Crippen molar-refractivity contribution >= 4 is 24.6 Å². The van der Waals surface area contributed by atoms with Gasteiger partial charge in [-0.05, 0) is 39.1 Å². The number of methoxy groups -OCH3 is 1. The molecule has 1 atom stereocenters. The first-order valence-electron chi connectivity index (χ1n) is 6.95. The molecule has 2 rings (SSSR count). The van der Waals surface area contributed by atoms with Crippen molar-refractivity contribution in [3.63, 3.8) is 0 Å². The Balaban J connectivity index is 0.00000242. The van der Waals surface area contributed by atoms with Crippen molar-refractivity contribution in [1.82, 2.24) is 15.5 Å². The third-order valence-corrected chi connectivity index (χ3v) is 3.26. The smallest absolute Gasteiger partial charge is 0.250 e. The molecule has 0 aliphatic heterocycles. The van der Waals surface area contributed by atoms with E-state index in [-0.39, 0.29) is 12.4 Å². The van der Waals surface area contributed by atoms with Crippen LogP contribution < -0.4 is 10.1 Å². The highest BCUT2D eigenvalue weighted by atomic mass is 35.5. The Morgan fingerprint density at radius 1 is 1.36 bits per heavy atom. The molecule has 120 valence electrons. The van der Waals surface area contributed by atoms with Gasteiger partial charge in [-0.3, -0.25) is 0 Å². The predicted octanol–water partition coefficient (Wildman–Crippen LogP) is 3.13. The average molecular weight is 324 g/mol. The van der Waals surface area contributed by atoms with E-state index in [0.29, 0.717) is 17.8 Å². The topological polar surface area (TPSA) is 60.2 Å². The zero-order chi connectivity index (χ0) is 15.2. The van der Waals surface area contributed by atoms with Gasteiger partial charge in [0, 0.05) is 24.1 Å². The number of hydrogen-bond acceptors (Lipinski definition) is 5. The van der Waals surface area contributed by atoms with E-state index < -0.39 is 0 Å². The Hall–Kier alpha value is -1.85. The van der Waals surface area contributed by atoms with Crippen molar-refractivity contribution < 1.29 is 9.26 Å². The molecule has 0 amide bonds. The second-order valence-electron chi connectivity index (χ2n) is 5.02. The van der Waals surface area contributed by atoms with Crippen molar-refractivity contribution in [1.29, 1.82) is 0 Å². The molecule has 0 saturated heterocycles. The quantitative estimate of drug-likeness (QED) is 0.885. The van der Waals surface area contributed by atoms with E-state index in [2.05, 4.69) is 28.4 Å². The highest BCUT2D eigenvalue weighted by Crippen LogP contribution is 2.21. The summed E-state index contributed by atoms with van der Waals surface area (Å²) in [5, 5.41) is 7.11. The summed E-state index contributed by atoms with van der Waals surface area (Å²) >= 11 is 0. The molecule has 5 nitrogen and oxygen atoms in total. The third-order valence-electron chi connectivity index (χ3n) is 3.26. The van der Waals surface area contributed by atoms with Gasteiger partial charge in [0.25, 0.3) is 5.89 Å². The lowest BCUT2D eigenvalue weighted by atomic mass is 10.1. The van der Waals surface area contributed by atoms with Gasteiger partial charge in [-0.1, -0.05) is 16.8 Å². The van der Waals surface area contributed by atoms with Crippen LogP contribution in [0.5, 0.6) is 5.75 Å². The number of benzene rings is 1. The summed E-state index contributed by atoms with van der Waals surface area (Å²) < 4.78 is 10.6. The van der Waals surface area contributed by atoms with Crippen molar-refractivity contribution in [2.45, 2.75) is 26.3 Å². The summed E-state index contributed by atoms with van der Waals surface area (Å²) in [5.41, 5.74) is 2.16. The summed E-state index contributed by atoms with van der Waals surface area (Å²) in [6.45, 7) is 4.12. The van der Waals surface area contributed by atoms with Crippen LogP contribution in [-0.2, 0) is 6.42 Å². The number of nitrogens with one attached hydrogen (secondary N) is 1. The van der Waals surface area contributed by atoms with Crippen molar-refractivity contribution in [3.05, 3.63) is 41.0 Å². The molecule has 1 unspecified atom stereocenters. The van der Waals surface area contributed by atoms with E-state index in [1.165, 1.54) is 5.56 Å². The molecule has 0 fully saturated rings. The van der Waals surface area contributed by atoms with Gasteiger partial charge in [0.05, 0.1) is 7.11 Å². The number of aromatic nitrogens is 2. The summed E-state index contributed by atoms with van der Waals surface area (Å²) in [6.07, 6.45) is 4.46. The molecule has 1 N–H and O–H groups in total. The number of nitrogens with zero attached hydrogens (tertiary/aromatic N) is 2. The summed E-state index contributed by atoms with van der Waals surface area (Å²) in [6, 6.07) is 6.33. The molecule has 1 aromatic heterocycles. The zero-order valence-corrected chi connectivity index (χ0v) is 14.1. The molecule has 0 saturated carbocycles. The Morgan fingerprint density at radius 2 is 2.14 bits per heavy atom. The fourth-order valence-corrected chi connectivity index (χ4v) is 1.94. The van der Waals surface area contributed by atoms with Crippen molar-refractivity contribution in [2.24, 2.45) is 0 Å². The van der Waals surface area contributed by atoms with Crippen LogP contribution in [0.2, 0.25) is 0 Å². The Labute approximate surface area is 137 Å². The minimum Gasteiger partial charge on any atom is -0.496 e. The van der Waals surface area contributed by atoms with Gasteiger partial charge in [-0.25, -0.2) is 0 Å². The van der Waals surface area contributed by atoms with Crippen LogP contribution >= 0.6 is 12.4 Å². The normalized spacial score (nSPS) is 12.2. The molecule has 1 aromatic carbocycles. The highest BCUT2D eigenvalue weighted by Gasteiger charge is 2.07. The maximum atomic E-state index is 5.33. The van der Waals surface area contributed by atoms with E-state index >= 15 is 0 Å². The van der Waals surface area contributed by atoms with Crippen LogP contribution in [0.1, 0.15) is 29.8 Å². The van der Waals surface area contributed by atoms with Gasteiger partial charge < -0.3 is 14.6 Å². The molecular formula is C16H22ClN3O2. The van der Waals surface area contributed by atoms with Gasteiger partial charge >= 0.3 is 0 Å². The monoisotopic (exact) mass is 323 g/mol. The second kappa shape index (κ2) is 8.56. The number of ether oxygens (including phenoxy) is 1. The van der Waals surface area contributed by atoms with E-state index in [0.717, 1.165) is 17.7 Å². The second-order valence-corrected chi connectivity index (χ2v) is 5.02. The van der Waals surface area contributed by atoms with Crippen LogP contribution in [-0.4, -0.2) is 30.3 Å². The van der Waals surface area contributed by atoms with Crippen LogP contribution in [0.25, 0.3) is 12.2 Å². The largest absolute Gasteiger partial charge is 0.496 e. The Bertz CT molecular complexity index is 626. The van der Waals surface area contributed by atoms with E-state index in [1.54, 1.807) is 13.2 Å². The van der Waals surface area contributed by atoms with E-state index in [1.807, 2.05) is 32.2 Å². The molecule has 1 heterocycles. The van der Waals surface area contributed by atoms with Gasteiger partial charge in [-0.15, -0.1) is 12.4 Å². The third kappa shape index (κ3) is 4.86. The number of rotatable bonds is 6. The molecule has 0 radical (unpaired) electrons. The lowest BCUT2D eigenvalue weighted by Gasteiger charge is -2.05. The average Bonchev–Trinajstić information content (AvgIpc) is 2.92. The van der Waals surface area contributed by atoms with Gasteiger partial charge in [0.15, 0.2) is 5.82 Å². The molecule has 22 heavy (non-hydrogen) atoms. The lowest BCUT2D eigenvalue weighted by molar-refractivity contribution is 0.400. The first kappa shape index (κ1) is 18.2. The van der Waals surface area contributed by atoms with E-state index in [4.69, 9.17) is 9.26 Å². The van der Waals surface area contributed by atoms with Crippen molar-refractivity contribution in [3.8, 4) is 5.75 Å². The van der Waals surface area contributed by atoms with Crippen LogP contribution in [0.4, 0.5) is 0 Å². The molecule has 2 aromatic rings. The SMILES string of the molecule is CNC(C)Cc1noc(/C=C/c2cc(C)ccc2OC)n1.Cl. The predicted molar refractivity (Wildman–Crippen MR) is 90.4 cm³/mol. The van der Waals surface area contributed by atoms with Crippen molar-refractivity contribution in [2.75, 3.05) is 14.2 Å².